The Hall–Kier alpha value is -2.31. The van der Waals surface area contributed by atoms with Crippen molar-refractivity contribution in [2.45, 2.75) is 58.4 Å². The van der Waals surface area contributed by atoms with Gasteiger partial charge >= 0.3 is 0 Å². The van der Waals surface area contributed by atoms with Crippen LogP contribution in [0.25, 0.3) is 0 Å². The first kappa shape index (κ1) is 19.0. The number of nitrogens with zero attached hydrogens (tertiary/aromatic N) is 1. The minimum atomic E-state index is -0.452. The van der Waals surface area contributed by atoms with Crippen molar-refractivity contribution in [1.29, 1.82) is 0 Å². The highest BCUT2D eigenvalue weighted by molar-refractivity contribution is 5.90. The van der Waals surface area contributed by atoms with Crippen LogP contribution in [-0.2, 0) is 20.9 Å². The van der Waals surface area contributed by atoms with Gasteiger partial charge in [-0.25, -0.2) is 0 Å². The van der Waals surface area contributed by atoms with Crippen LogP contribution in [0.4, 0.5) is 0 Å². The molecule has 1 aliphatic rings. The quantitative estimate of drug-likeness (QED) is 0.528. The van der Waals surface area contributed by atoms with E-state index < -0.39 is 5.92 Å². The lowest BCUT2D eigenvalue weighted by Gasteiger charge is -2.15. The fraction of sp³-hybridized carbons (Fsp3) is 0.611. The summed E-state index contributed by atoms with van der Waals surface area (Å²) < 4.78 is 5.23. The van der Waals surface area contributed by atoms with Crippen molar-refractivity contribution in [1.82, 2.24) is 15.8 Å². The minimum absolute atomic E-state index is 0.0844. The molecule has 0 radical (unpaired) electrons. The Bertz CT molecular complexity index is 571. The second kappa shape index (κ2) is 9.86. The number of hydrogen-bond donors (Lipinski definition) is 2. The van der Waals surface area contributed by atoms with E-state index in [1.165, 1.54) is 12.8 Å². The molecule has 1 unspecified atom stereocenters. The van der Waals surface area contributed by atoms with Gasteiger partial charge in [0.15, 0.2) is 0 Å². The molecular formula is C18H27N3O4. The second-order valence-electron chi connectivity index (χ2n) is 6.46. The number of amides is 3. The van der Waals surface area contributed by atoms with Crippen LogP contribution in [0.3, 0.4) is 0 Å². The number of nitrogens with one attached hydrogen (secondary N) is 2. The number of hydrogen-bond acceptors (Lipinski definition) is 4. The molecule has 0 aromatic carbocycles. The van der Waals surface area contributed by atoms with Gasteiger partial charge in [-0.05, 0) is 18.6 Å². The van der Waals surface area contributed by atoms with Crippen molar-refractivity contribution in [2.24, 2.45) is 5.92 Å². The first-order chi connectivity index (χ1) is 12.1. The Morgan fingerprint density at radius 3 is 2.76 bits per heavy atom. The fourth-order valence-corrected chi connectivity index (χ4v) is 2.88. The second-order valence-corrected chi connectivity index (χ2v) is 6.46. The van der Waals surface area contributed by atoms with Gasteiger partial charge in [-0.1, -0.05) is 32.6 Å². The smallest absolute Gasteiger partial charge is 0.243 e. The van der Waals surface area contributed by atoms with Gasteiger partial charge < -0.3 is 9.32 Å². The predicted molar refractivity (Wildman–Crippen MR) is 91.9 cm³/mol. The third-order valence-corrected chi connectivity index (χ3v) is 4.34. The minimum Gasteiger partial charge on any atom is -0.467 e. The van der Waals surface area contributed by atoms with E-state index in [0.29, 0.717) is 25.3 Å². The van der Waals surface area contributed by atoms with Crippen LogP contribution in [0.2, 0.25) is 0 Å². The maximum atomic E-state index is 12.1. The molecule has 7 heteroatoms. The third kappa shape index (κ3) is 6.25. The Labute approximate surface area is 148 Å². The van der Waals surface area contributed by atoms with E-state index in [2.05, 4.69) is 17.8 Å². The zero-order valence-electron chi connectivity index (χ0n) is 14.8. The predicted octanol–water partition coefficient (Wildman–Crippen LogP) is 2.14. The third-order valence-electron chi connectivity index (χ3n) is 4.34. The Morgan fingerprint density at radius 1 is 1.24 bits per heavy atom. The summed E-state index contributed by atoms with van der Waals surface area (Å²) in [5, 5.41) is 0. The molecule has 1 saturated heterocycles. The Kier molecular flexibility index (Phi) is 7.50. The summed E-state index contributed by atoms with van der Waals surface area (Å²) in [7, 11) is 0. The zero-order valence-corrected chi connectivity index (χ0v) is 14.8. The van der Waals surface area contributed by atoms with E-state index in [1.807, 2.05) is 0 Å². The van der Waals surface area contributed by atoms with Crippen molar-refractivity contribution in [2.75, 3.05) is 6.54 Å². The first-order valence-corrected chi connectivity index (χ1v) is 8.99. The molecule has 3 amide bonds. The summed E-state index contributed by atoms with van der Waals surface area (Å²) in [5.74, 6) is -0.367. The van der Waals surface area contributed by atoms with E-state index in [9.17, 15) is 14.4 Å². The molecule has 1 aromatic rings. The lowest BCUT2D eigenvalue weighted by Crippen LogP contribution is -2.45. The summed E-state index contributed by atoms with van der Waals surface area (Å²) in [6.45, 7) is 2.84. The monoisotopic (exact) mass is 349 g/mol. The Balaban J connectivity index is 1.65. The lowest BCUT2D eigenvalue weighted by molar-refractivity contribution is -0.131. The molecule has 2 N–H and O–H groups in total. The van der Waals surface area contributed by atoms with Gasteiger partial charge in [0.1, 0.15) is 5.76 Å². The molecule has 1 atom stereocenters. The SMILES string of the molecule is CCCCCCCC(=O)NNC(=O)C1CC(=O)N(Cc2ccco2)C1. The van der Waals surface area contributed by atoms with Crippen LogP contribution in [0.1, 0.15) is 57.6 Å². The molecule has 138 valence electrons. The summed E-state index contributed by atoms with van der Waals surface area (Å²) in [4.78, 5) is 37.4. The van der Waals surface area contributed by atoms with Crippen LogP contribution in [-0.4, -0.2) is 29.2 Å². The number of carbonyl (C=O) groups excluding carboxylic acids is 3. The molecule has 1 fully saturated rings. The van der Waals surface area contributed by atoms with Crippen LogP contribution in [0.15, 0.2) is 22.8 Å². The number of furan rings is 1. The molecular weight excluding hydrogens is 322 g/mol. The summed E-state index contributed by atoms with van der Waals surface area (Å²) >= 11 is 0. The van der Waals surface area contributed by atoms with Crippen molar-refractivity contribution < 1.29 is 18.8 Å². The first-order valence-electron chi connectivity index (χ1n) is 8.99. The molecule has 0 aliphatic carbocycles. The number of hydrazine groups is 1. The van der Waals surface area contributed by atoms with Gasteiger partial charge in [0.2, 0.25) is 17.7 Å². The van der Waals surface area contributed by atoms with Gasteiger partial charge in [-0.15, -0.1) is 0 Å². The van der Waals surface area contributed by atoms with Crippen LogP contribution in [0, 0.1) is 5.92 Å². The topological polar surface area (TPSA) is 91.7 Å². The highest BCUT2D eigenvalue weighted by Crippen LogP contribution is 2.20. The molecule has 0 saturated carbocycles. The Morgan fingerprint density at radius 2 is 2.04 bits per heavy atom. The maximum absolute atomic E-state index is 12.1. The van der Waals surface area contributed by atoms with Crippen molar-refractivity contribution in [3.05, 3.63) is 24.2 Å². The van der Waals surface area contributed by atoms with Crippen molar-refractivity contribution >= 4 is 17.7 Å². The normalized spacial score (nSPS) is 16.9. The molecule has 7 nitrogen and oxygen atoms in total. The summed E-state index contributed by atoms with van der Waals surface area (Å²) in [6.07, 6.45) is 7.43. The average molecular weight is 349 g/mol. The number of unbranched alkanes of at least 4 members (excludes halogenated alkanes) is 4. The van der Waals surface area contributed by atoms with Gasteiger partial charge in [-0.3, -0.25) is 25.2 Å². The van der Waals surface area contributed by atoms with Crippen molar-refractivity contribution in [3.63, 3.8) is 0 Å². The largest absolute Gasteiger partial charge is 0.467 e. The van der Waals surface area contributed by atoms with E-state index in [0.717, 1.165) is 19.3 Å². The number of carbonyl (C=O) groups is 3. The molecule has 2 rings (SSSR count). The molecule has 0 bridgehead atoms. The van der Waals surface area contributed by atoms with E-state index in [1.54, 1.807) is 23.3 Å². The van der Waals surface area contributed by atoms with Crippen LogP contribution < -0.4 is 10.9 Å². The van der Waals surface area contributed by atoms with Crippen molar-refractivity contribution in [3.8, 4) is 0 Å². The highest BCUT2D eigenvalue weighted by Gasteiger charge is 2.34. The summed E-state index contributed by atoms with van der Waals surface area (Å²) in [5.41, 5.74) is 4.87. The molecule has 1 aliphatic heterocycles. The van der Waals surface area contributed by atoms with Gasteiger partial charge in [0.25, 0.3) is 0 Å². The van der Waals surface area contributed by atoms with Gasteiger partial charge in [0, 0.05) is 19.4 Å². The molecule has 1 aromatic heterocycles. The van der Waals surface area contributed by atoms with E-state index in [-0.39, 0.29) is 24.1 Å². The van der Waals surface area contributed by atoms with E-state index in [4.69, 9.17) is 4.42 Å². The maximum Gasteiger partial charge on any atom is 0.243 e. The fourth-order valence-electron chi connectivity index (χ4n) is 2.88. The van der Waals surface area contributed by atoms with Gasteiger partial charge in [0.05, 0.1) is 18.7 Å². The van der Waals surface area contributed by atoms with Crippen LogP contribution in [0.5, 0.6) is 0 Å². The molecule has 2 heterocycles. The lowest BCUT2D eigenvalue weighted by atomic mass is 10.1. The number of rotatable bonds is 9. The van der Waals surface area contributed by atoms with Crippen LogP contribution >= 0.6 is 0 Å². The standard InChI is InChI=1S/C18H27N3O4/c1-2-3-4-5-6-9-16(22)19-20-18(24)14-11-17(23)21(12-14)13-15-8-7-10-25-15/h7-8,10,14H,2-6,9,11-13H2,1H3,(H,19,22)(H,20,24). The zero-order chi connectivity index (χ0) is 18.1. The summed E-state index contributed by atoms with van der Waals surface area (Å²) in [6, 6.07) is 3.55. The van der Waals surface area contributed by atoms with E-state index >= 15 is 0 Å². The molecule has 25 heavy (non-hydrogen) atoms. The average Bonchev–Trinajstić information content (AvgIpc) is 3.23. The number of likely N-dealkylation sites (tertiary alicyclic amines) is 1. The van der Waals surface area contributed by atoms with Gasteiger partial charge in [-0.2, -0.15) is 0 Å². The highest BCUT2D eigenvalue weighted by atomic mass is 16.3. The molecule has 0 spiro atoms.